The number of piperidine rings is 1. The number of hydrogen-bond donors (Lipinski definition) is 2. The molecule has 2 heterocycles. The van der Waals surface area contributed by atoms with Gasteiger partial charge in [0.05, 0.1) is 0 Å². The zero-order valence-corrected chi connectivity index (χ0v) is 10.6. The summed E-state index contributed by atoms with van der Waals surface area (Å²) in [5, 5.41) is 11.1. The minimum atomic E-state index is -1.29. The number of nitrogens with zero attached hydrogens (tertiary/aromatic N) is 1. The lowest BCUT2D eigenvalue weighted by Crippen LogP contribution is -2.52. The standard InChI is InChI=1S/C12H12N2O6/c1-14-9(15)5-2-6(11(14)17)13-10(16)7-3-4-8(20-7)12(18)19/h3-4,6H,2,5H2,1H3,(H,13,16)(H,18,19). The van der Waals surface area contributed by atoms with Gasteiger partial charge in [0.2, 0.25) is 11.7 Å². The van der Waals surface area contributed by atoms with Crippen LogP contribution in [-0.2, 0) is 9.59 Å². The Morgan fingerprint density at radius 3 is 2.60 bits per heavy atom. The third-order valence-electron chi connectivity index (χ3n) is 3.00. The quantitative estimate of drug-likeness (QED) is 0.744. The first-order valence-electron chi connectivity index (χ1n) is 5.84. The highest BCUT2D eigenvalue weighted by molar-refractivity contribution is 6.03. The number of nitrogens with one attached hydrogen (secondary N) is 1. The zero-order chi connectivity index (χ0) is 14.9. The van der Waals surface area contributed by atoms with Crippen molar-refractivity contribution in [3.05, 3.63) is 23.7 Å². The van der Waals surface area contributed by atoms with Crippen LogP contribution in [0.2, 0.25) is 0 Å². The smallest absolute Gasteiger partial charge is 0.371 e. The maximum atomic E-state index is 11.8. The molecule has 8 nitrogen and oxygen atoms in total. The molecule has 0 spiro atoms. The predicted octanol–water partition coefficient (Wildman–Crippen LogP) is -0.145. The van der Waals surface area contributed by atoms with E-state index in [0.717, 1.165) is 11.0 Å². The van der Waals surface area contributed by atoms with Crippen LogP contribution in [0.15, 0.2) is 16.5 Å². The number of likely N-dealkylation sites (tertiary alicyclic amines) is 1. The van der Waals surface area contributed by atoms with Gasteiger partial charge in [-0.1, -0.05) is 0 Å². The fourth-order valence-corrected chi connectivity index (χ4v) is 1.85. The molecular formula is C12H12N2O6. The highest BCUT2D eigenvalue weighted by Crippen LogP contribution is 2.13. The first-order chi connectivity index (χ1) is 9.40. The number of furan rings is 1. The van der Waals surface area contributed by atoms with E-state index in [1.165, 1.54) is 13.1 Å². The molecule has 1 aliphatic rings. The fourth-order valence-electron chi connectivity index (χ4n) is 1.85. The Hall–Kier alpha value is -2.64. The maximum Gasteiger partial charge on any atom is 0.371 e. The summed E-state index contributed by atoms with van der Waals surface area (Å²) in [6, 6.07) is 1.54. The molecule has 0 saturated carbocycles. The molecule has 0 aromatic carbocycles. The lowest BCUT2D eigenvalue weighted by molar-refractivity contribution is -0.147. The van der Waals surface area contributed by atoms with Crippen molar-refractivity contribution < 1.29 is 28.7 Å². The molecule has 20 heavy (non-hydrogen) atoms. The molecular weight excluding hydrogens is 268 g/mol. The summed E-state index contributed by atoms with van der Waals surface area (Å²) in [6.07, 6.45) is 0.367. The molecule has 0 radical (unpaired) electrons. The van der Waals surface area contributed by atoms with Crippen molar-refractivity contribution in [1.29, 1.82) is 0 Å². The van der Waals surface area contributed by atoms with Gasteiger partial charge in [-0.25, -0.2) is 4.79 Å². The van der Waals surface area contributed by atoms with Crippen LogP contribution in [0, 0.1) is 0 Å². The van der Waals surface area contributed by atoms with Gasteiger partial charge >= 0.3 is 5.97 Å². The van der Waals surface area contributed by atoms with Crippen molar-refractivity contribution in [2.24, 2.45) is 0 Å². The summed E-state index contributed by atoms with van der Waals surface area (Å²) in [4.78, 5) is 46.5. The number of imide groups is 1. The molecule has 106 valence electrons. The van der Waals surface area contributed by atoms with Gasteiger partial charge in [0.15, 0.2) is 5.76 Å². The molecule has 3 amide bonds. The summed E-state index contributed by atoms with van der Waals surface area (Å²) in [5.74, 6) is -3.35. The summed E-state index contributed by atoms with van der Waals surface area (Å²) >= 11 is 0. The minimum absolute atomic E-state index is 0.158. The molecule has 8 heteroatoms. The van der Waals surface area contributed by atoms with Crippen LogP contribution < -0.4 is 5.32 Å². The van der Waals surface area contributed by atoms with E-state index in [-0.39, 0.29) is 30.3 Å². The molecule has 1 aliphatic heterocycles. The van der Waals surface area contributed by atoms with Gasteiger partial charge in [-0.2, -0.15) is 0 Å². The molecule has 1 unspecified atom stereocenters. The molecule has 0 bridgehead atoms. The predicted molar refractivity (Wildman–Crippen MR) is 63.9 cm³/mol. The molecule has 1 saturated heterocycles. The second kappa shape index (κ2) is 5.16. The summed E-state index contributed by atoms with van der Waals surface area (Å²) in [6.45, 7) is 0. The minimum Gasteiger partial charge on any atom is -0.475 e. The Morgan fingerprint density at radius 2 is 2.00 bits per heavy atom. The van der Waals surface area contributed by atoms with Crippen LogP contribution in [0.1, 0.15) is 34.0 Å². The van der Waals surface area contributed by atoms with Gasteiger partial charge in [-0.15, -0.1) is 0 Å². The van der Waals surface area contributed by atoms with E-state index >= 15 is 0 Å². The van der Waals surface area contributed by atoms with Gasteiger partial charge in [-0.3, -0.25) is 19.3 Å². The van der Waals surface area contributed by atoms with E-state index < -0.39 is 23.8 Å². The molecule has 1 atom stereocenters. The van der Waals surface area contributed by atoms with E-state index in [2.05, 4.69) is 5.32 Å². The van der Waals surface area contributed by atoms with Gasteiger partial charge in [0, 0.05) is 13.5 Å². The number of carboxylic acids is 1. The lowest BCUT2D eigenvalue weighted by atomic mass is 10.0. The second-order valence-electron chi connectivity index (χ2n) is 4.32. The lowest BCUT2D eigenvalue weighted by Gasteiger charge is -2.27. The fraction of sp³-hybridized carbons (Fsp3) is 0.333. The highest BCUT2D eigenvalue weighted by Gasteiger charge is 2.33. The number of carboxylic acid groups (broad SMARTS) is 1. The monoisotopic (exact) mass is 280 g/mol. The van der Waals surface area contributed by atoms with Gasteiger partial charge in [-0.05, 0) is 18.6 Å². The highest BCUT2D eigenvalue weighted by atomic mass is 16.4. The number of amides is 3. The van der Waals surface area contributed by atoms with Crippen molar-refractivity contribution in [1.82, 2.24) is 10.2 Å². The van der Waals surface area contributed by atoms with E-state index in [9.17, 15) is 19.2 Å². The Labute approximate surface area is 113 Å². The van der Waals surface area contributed by atoms with E-state index in [0.29, 0.717) is 0 Å². The number of hydrogen-bond acceptors (Lipinski definition) is 5. The van der Waals surface area contributed by atoms with Crippen LogP contribution in [-0.4, -0.2) is 46.8 Å². The Kier molecular flexibility index (Phi) is 3.55. The number of carbonyl (C=O) groups is 4. The van der Waals surface area contributed by atoms with Crippen molar-refractivity contribution in [2.45, 2.75) is 18.9 Å². The topological polar surface area (TPSA) is 117 Å². The largest absolute Gasteiger partial charge is 0.475 e. The van der Waals surface area contributed by atoms with E-state index in [1.54, 1.807) is 0 Å². The maximum absolute atomic E-state index is 11.8. The van der Waals surface area contributed by atoms with Crippen LogP contribution in [0.3, 0.4) is 0 Å². The number of likely N-dealkylation sites (N-methyl/N-ethyl adjacent to an activating group) is 1. The average Bonchev–Trinajstić information content (AvgIpc) is 2.89. The third-order valence-corrected chi connectivity index (χ3v) is 3.00. The Bertz CT molecular complexity index is 591. The van der Waals surface area contributed by atoms with Gasteiger partial charge in [0.25, 0.3) is 11.8 Å². The summed E-state index contributed by atoms with van der Waals surface area (Å²) in [5.41, 5.74) is 0. The van der Waals surface area contributed by atoms with Crippen LogP contribution in [0.4, 0.5) is 0 Å². The molecule has 1 aromatic rings. The first-order valence-corrected chi connectivity index (χ1v) is 5.84. The molecule has 0 aliphatic carbocycles. The molecule has 2 N–H and O–H groups in total. The van der Waals surface area contributed by atoms with E-state index in [4.69, 9.17) is 9.52 Å². The molecule has 1 fully saturated rings. The number of aromatic carboxylic acids is 1. The zero-order valence-electron chi connectivity index (χ0n) is 10.6. The van der Waals surface area contributed by atoms with Crippen molar-refractivity contribution >= 4 is 23.7 Å². The van der Waals surface area contributed by atoms with Crippen LogP contribution in [0.5, 0.6) is 0 Å². The van der Waals surface area contributed by atoms with Crippen molar-refractivity contribution in [3.63, 3.8) is 0 Å². The number of carbonyl (C=O) groups excluding carboxylic acids is 3. The Morgan fingerprint density at radius 1 is 1.35 bits per heavy atom. The number of rotatable bonds is 3. The normalized spacial score (nSPS) is 19.1. The SMILES string of the molecule is CN1C(=O)CCC(NC(=O)c2ccc(C(=O)O)o2)C1=O. The van der Waals surface area contributed by atoms with Gasteiger partial charge < -0.3 is 14.8 Å². The second-order valence-corrected chi connectivity index (χ2v) is 4.32. The van der Waals surface area contributed by atoms with E-state index in [1.807, 2.05) is 0 Å². The third kappa shape index (κ3) is 2.53. The first kappa shape index (κ1) is 13.8. The van der Waals surface area contributed by atoms with Crippen molar-refractivity contribution in [2.75, 3.05) is 7.05 Å². The van der Waals surface area contributed by atoms with Crippen LogP contribution in [0.25, 0.3) is 0 Å². The van der Waals surface area contributed by atoms with Crippen molar-refractivity contribution in [3.8, 4) is 0 Å². The Balaban J connectivity index is 2.05. The molecule has 1 aromatic heterocycles. The van der Waals surface area contributed by atoms with Crippen LogP contribution >= 0.6 is 0 Å². The average molecular weight is 280 g/mol. The summed E-state index contributed by atoms with van der Waals surface area (Å²) in [7, 11) is 1.35. The summed E-state index contributed by atoms with van der Waals surface area (Å²) < 4.78 is 4.83. The van der Waals surface area contributed by atoms with Gasteiger partial charge in [0.1, 0.15) is 6.04 Å². The molecule has 2 rings (SSSR count).